The van der Waals surface area contributed by atoms with Gasteiger partial charge in [0.05, 0.1) is 18.6 Å². The normalized spacial score (nSPS) is 17.7. The molecule has 0 spiro atoms. The molecule has 1 aliphatic heterocycles. The number of carbonyl (C=O) groups is 2. The van der Waals surface area contributed by atoms with Crippen molar-refractivity contribution in [2.24, 2.45) is 5.92 Å². The van der Waals surface area contributed by atoms with E-state index in [-0.39, 0.29) is 23.8 Å². The summed E-state index contributed by atoms with van der Waals surface area (Å²) in [6.07, 6.45) is 4.60. The Kier molecular flexibility index (Phi) is 5.83. The van der Waals surface area contributed by atoms with Gasteiger partial charge >= 0.3 is 5.97 Å². The molecule has 0 bridgehead atoms. The number of anilines is 1. The van der Waals surface area contributed by atoms with Crippen molar-refractivity contribution in [1.82, 2.24) is 14.9 Å². The van der Waals surface area contributed by atoms with E-state index in [2.05, 4.69) is 20.2 Å². The van der Waals surface area contributed by atoms with Gasteiger partial charge in [0.25, 0.3) is 0 Å². The summed E-state index contributed by atoms with van der Waals surface area (Å²) in [5.41, 5.74) is 0. The van der Waals surface area contributed by atoms with E-state index in [9.17, 15) is 9.59 Å². The van der Waals surface area contributed by atoms with Gasteiger partial charge in [-0.2, -0.15) is 0 Å². The highest BCUT2D eigenvalue weighted by Crippen LogP contribution is 2.20. The van der Waals surface area contributed by atoms with Crippen molar-refractivity contribution < 1.29 is 14.3 Å². The van der Waals surface area contributed by atoms with Gasteiger partial charge in [0.15, 0.2) is 0 Å². The van der Waals surface area contributed by atoms with E-state index >= 15 is 0 Å². The molecule has 0 saturated carbocycles. The molecule has 0 unspecified atom stereocenters. The predicted molar refractivity (Wildman–Crippen MR) is 81.1 cm³/mol. The zero-order valence-electron chi connectivity index (χ0n) is 13.0. The largest absolute Gasteiger partial charge is 0.466 e. The number of likely N-dealkylation sites (tertiary alicyclic amines) is 1. The molecule has 7 heteroatoms. The Morgan fingerprint density at radius 3 is 2.59 bits per heavy atom. The van der Waals surface area contributed by atoms with Gasteiger partial charge in [0.2, 0.25) is 11.9 Å². The minimum absolute atomic E-state index is 0.0519. The first-order valence-corrected chi connectivity index (χ1v) is 7.60. The van der Waals surface area contributed by atoms with Gasteiger partial charge in [-0.15, -0.1) is 0 Å². The number of amides is 1. The molecule has 1 aliphatic rings. The van der Waals surface area contributed by atoms with Crippen molar-refractivity contribution in [3.05, 3.63) is 18.5 Å². The Morgan fingerprint density at radius 1 is 1.36 bits per heavy atom. The third-order valence-corrected chi connectivity index (χ3v) is 3.88. The summed E-state index contributed by atoms with van der Waals surface area (Å²) in [6.45, 7) is 5.48. The average Bonchev–Trinajstić information content (AvgIpc) is 2.55. The van der Waals surface area contributed by atoms with E-state index in [0.717, 1.165) is 12.8 Å². The molecule has 0 aromatic carbocycles. The van der Waals surface area contributed by atoms with Gasteiger partial charge in [0.1, 0.15) is 0 Å². The summed E-state index contributed by atoms with van der Waals surface area (Å²) < 4.78 is 5.05. The number of nitrogens with one attached hydrogen (secondary N) is 1. The first-order valence-electron chi connectivity index (χ1n) is 7.60. The maximum Gasteiger partial charge on any atom is 0.309 e. The van der Waals surface area contributed by atoms with Gasteiger partial charge in [-0.25, -0.2) is 9.97 Å². The lowest BCUT2D eigenvalue weighted by Crippen LogP contribution is -2.47. The Hall–Kier alpha value is -2.02. The molecular weight excluding hydrogens is 284 g/mol. The smallest absolute Gasteiger partial charge is 0.309 e. The molecule has 120 valence electrons. The van der Waals surface area contributed by atoms with Gasteiger partial charge in [-0.1, -0.05) is 0 Å². The highest BCUT2D eigenvalue weighted by molar-refractivity contribution is 5.93. The van der Waals surface area contributed by atoms with Crippen molar-refractivity contribution in [2.75, 3.05) is 25.0 Å². The number of hydrogen-bond donors (Lipinski definition) is 1. The summed E-state index contributed by atoms with van der Waals surface area (Å²) in [5, 5.41) is 2.70. The van der Waals surface area contributed by atoms with Crippen LogP contribution in [-0.2, 0) is 14.3 Å². The third kappa shape index (κ3) is 4.24. The summed E-state index contributed by atoms with van der Waals surface area (Å²) in [5.74, 6) is -0.0117. The average molecular weight is 306 g/mol. The molecule has 1 fully saturated rings. The number of esters is 1. The van der Waals surface area contributed by atoms with E-state index in [1.54, 1.807) is 18.5 Å². The summed E-state index contributed by atoms with van der Waals surface area (Å²) in [7, 11) is 0. The van der Waals surface area contributed by atoms with Crippen LogP contribution in [0.25, 0.3) is 0 Å². The number of rotatable bonds is 5. The summed E-state index contributed by atoms with van der Waals surface area (Å²) in [6, 6.07) is 1.41. The minimum Gasteiger partial charge on any atom is -0.466 e. The topological polar surface area (TPSA) is 84.4 Å². The molecule has 1 aromatic heterocycles. The van der Waals surface area contributed by atoms with Crippen molar-refractivity contribution in [3.8, 4) is 0 Å². The van der Waals surface area contributed by atoms with Crippen LogP contribution in [-0.4, -0.2) is 52.5 Å². The molecule has 1 saturated heterocycles. The van der Waals surface area contributed by atoms with E-state index in [0.29, 0.717) is 25.6 Å². The van der Waals surface area contributed by atoms with E-state index < -0.39 is 0 Å². The van der Waals surface area contributed by atoms with Gasteiger partial charge in [0, 0.05) is 12.4 Å². The fourth-order valence-electron chi connectivity index (χ4n) is 2.53. The third-order valence-electron chi connectivity index (χ3n) is 3.88. The second kappa shape index (κ2) is 7.84. The molecule has 0 radical (unpaired) electrons. The lowest BCUT2D eigenvalue weighted by molar-refractivity contribution is -0.149. The number of aromatic nitrogens is 2. The highest BCUT2D eigenvalue weighted by atomic mass is 16.5. The van der Waals surface area contributed by atoms with Crippen LogP contribution in [0.4, 0.5) is 5.95 Å². The van der Waals surface area contributed by atoms with Gasteiger partial charge in [-0.05, 0) is 45.8 Å². The van der Waals surface area contributed by atoms with Gasteiger partial charge in [-0.3, -0.25) is 19.8 Å². The molecule has 7 nitrogen and oxygen atoms in total. The maximum atomic E-state index is 12.2. The number of hydrogen-bond acceptors (Lipinski definition) is 6. The highest BCUT2D eigenvalue weighted by Gasteiger charge is 2.30. The fourth-order valence-corrected chi connectivity index (χ4v) is 2.53. The number of nitrogens with zero attached hydrogens (tertiary/aromatic N) is 3. The summed E-state index contributed by atoms with van der Waals surface area (Å²) >= 11 is 0. The minimum atomic E-state index is -0.285. The number of carbonyl (C=O) groups excluding carboxylic acids is 2. The van der Waals surface area contributed by atoms with Crippen LogP contribution >= 0.6 is 0 Å². The monoisotopic (exact) mass is 306 g/mol. The van der Waals surface area contributed by atoms with Crippen molar-refractivity contribution >= 4 is 17.8 Å². The van der Waals surface area contributed by atoms with Crippen LogP contribution in [0, 0.1) is 5.92 Å². The van der Waals surface area contributed by atoms with Crippen LogP contribution in [0.15, 0.2) is 18.5 Å². The van der Waals surface area contributed by atoms with Crippen LogP contribution in [0.5, 0.6) is 0 Å². The maximum absolute atomic E-state index is 12.2. The van der Waals surface area contributed by atoms with E-state index in [1.807, 2.05) is 13.8 Å². The molecular formula is C15H22N4O3. The van der Waals surface area contributed by atoms with E-state index in [4.69, 9.17) is 4.74 Å². The molecule has 2 rings (SSSR count). The molecule has 1 aromatic rings. The second-order valence-electron chi connectivity index (χ2n) is 5.30. The molecule has 2 heterocycles. The van der Waals surface area contributed by atoms with E-state index in [1.165, 1.54) is 0 Å². The Balaban J connectivity index is 1.83. The van der Waals surface area contributed by atoms with Gasteiger partial charge < -0.3 is 4.74 Å². The molecule has 1 amide bonds. The number of ether oxygens (including phenoxy) is 1. The first kappa shape index (κ1) is 16.4. The molecule has 0 aliphatic carbocycles. The second-order valence-corrected chi connectivity index (χ2v) is 5.30. The Morgan fingerprint density at radius 2 is 2.00 bits per heavy atom. The fraction of sp³-hybridized carbons (Fsp3) is 0.600. The first-order chi connectivity index (χ1) is 10.6. The molecule has 1 atom stereocenters. The number of piperidine rings is 1. The predicted octanol–water partition coefficient (Wildman–Crippen LogP) is 1.08. The standard InChI is InChI=1S/C15H22N4O3/c1-3-22-14(21)12-5-9-19(10-6-12)11(2)13(20)18-15-16-7-4-8-17-15/h4,7-8,11-12H,3,5-6,9-10H2,1-2H3,(H,16,17,18,20)/t11-/m1/s1. The van der Waals surface area contributed by atoms with Crippen molar-refractivity contribution in [2.45, 2.75) is 32.7 Å². The Bertz CT molecular complexity index is 501. The van der Waals surface area contributed by atoms with Crippen molar-refractivity contribution in [1.29, 1.82) is 0 Å². The lowest BCUT2D eigenvalue weighted by atomic mass is 9.96. The van der Waals surface area contributed by atoms with Crippen LogP contribution in [0.1, 0.15) is 26.7 Å². The quantitative estimate of drug-likeness (QED) is 0.819. The lowest BCUT2D eigenvalue weighted by Gasteiger charge is -2.34. The summed E-state index contributed by atoms with van der Waals surface area (Å²) in [4.78, 5) is 33.9. The molecule has 1 N–H and O–H groups in total. The SMILES string of the molecule is CCOC(=O)C1CCN([C@H](C)C(=O)Nc2ncccn2)CC1. The zero-order chi connectivity index (χ0) is 15.9. The van der Waals surface area contributed by atoms with Crippen LogP contribution in [0.3, 0.4) is 0 Å². The van der Waals surface area contributed by atoms with Crippen LogP contribution in [0.2, 0.25) is 0 Å². The van der Waals surface area contributed by atoms with Crippen LogP contribution < -0.4 is 5.32 Å². The Labute approximate surface area is 130 Å². The van der Waals surface area contributed by atoms with Crippen molar-refractivity contribution in [3.63, 3.8) is 0 Å². The zero-order valence-corrected chi connectivity index (χ0v) is 13.0. The molecule has 22 heavy (non-hydrogen) atoms.